The highest BCUT2D eigenvalue weighted by Crippen LogP contribution is 2.16. The third kappa shape index (κ3) is 48.6. The van der Waals surface area contributed by atoms with E-state index in [2.05, 4.69) is 38.2 Å². The van der Waals surface area contributed by atoms with Crippen molar-refractivity contribution in [1.29, 1.82) is 0 Å². The molecule has 0 amide bonds. The highest BCUT2D eigenvalue weighted by atomic mass is 16.6. The lowest BCUT2D eigenvalue weighted by molar-refractivity contribution is -0.887. The van der Waals surface area contributed by atoms with Crippen LogP contribution in [0.2, 0.25) is 0 Å². The van der Waals surface area contributed by atoms with E-state index in [1.54, 1.807) is 0 Å². The molecule has 0 bridgehead atoms. The summed E-state index contributed by atoms with van der Waals surface area (Å²) in [7, 11) is 5.55. The Morgan fingerprint density at radius 2 is 0.746 bits per heavy atom. The van der Waals surface area contributed by atoms with Crippen LogP contribution in [0.5, 0.6) is 0 Å². The van der Waals surface area contributed by atoms with Gasteiger partial charge in [0.1, 0.15) is 6.61 Å². The molecular formula is C59H112NO7+. The van der Waals surface area contributed by atoms with Crippen molar-refractivity contribution in [3.05, 3.63) is 24.3 Å². The average molecular weight is 948 g/mol. The van der Waals surface area contributed by atoms with Crippen LogP contribution in [0, 0.1) is 0 Å². The molecule has 2 atom stereocenters. The highest BCUT2D eigenvalue weighted by Gasteiger charge is 2.31. The molecule has 0 radical (unpaired) electrons. The molecule has 8 nitrogen and oxygen atoms in total. The first kappa shape index (κ1) is 64.8. The fourth-order valence-corrected chi connectivity index (χ4v) is 8.85. The zero-order chi connectivity index (χ0) is 49.2. The fraction of sp³-hybridized carbons (Fsp3) is 0.881. The maximum atomic E-state index is 12.8. The smallest absolute Gasteiger partial charge is 0.362 e. The molecule has 67 heavy (non-hydrogen) atoms. The van der Waals surface area contributed by atoms with E-state index in [1.807, 2.05) is 21.1 Å². The van der Waals surface area contributed by atoms with Crippen molar-refractivity contribution in [3.63, 3.8) is 0 Å². The Labute approximate surface area is 415 Å². The molecule has 0 aliphatic carbocycles. The van der Waals surface area contributed by atoms with Gasteiger partial charge in [-0.1, -0.05) is 224 Å². The van der Waals surface area contributed by atoms with Gasteiger partial charge in [-0.2, -0.15) is 0 Å². The molecule has 0 rings (SSSR count). The number of esters is 2. The van der Waals surface area contributed by atoms with Crippen molar-refractivity contribution in [2.45, 2.75) is 296 Å². The zero-order valence-corrected chi connectivity index (χ0v) is 45.1. The second-order valence-corrected chi connectivity index (χ2v) is 20.9. The molecule has 0 fully saturated rings. The third-order valence-corrected chi connectivity index (χ3v) is 13.3. The standard InChI is InChI=1S/C59H111NO7/c1-6-8-10-12-14-16-18-20-22-24-26-28-29-30-32-34-36-38-40-42-44-46-48-50-58(62)67-55(53-65-52-51-56(59(63)64)60(3,4)5)54-66-57(61)49-47-45-43-41-39-37-35-33-31-27-25-23-21-19-17-15-13-11-9-7-2/h27,30-32,55-56H,6-26,28-29,33-54H2,1-5H3/p+1/b31-27+,32-30+. The number of carbonyl (C=O) groups excluding carboxylic acids is 2. The van der Waals surface area contributed by atoms with E-state index in [4.69, 9.17) is 14.2 Å². The topological polar surface area (TPSA) is 99.1 Å². The summed E-state index contributed by atoms with van der Waals surface area (Å²) in [5.41, 5.74) is 0. The van der Waals surface area contributed by atoms with Gasteiger partial charge < -0.3 is 23.8 Å². The van der Waals surface area contributed by atoms with E-state index in [9.17, 15) is 19.5 Å². The Bertz CT molecular complexity index is 1150. The number of quaternary nitrogens is 1. The maximum Gasteiger partial charge on any atom is 0.362 e. The first-order valence-corrected chi connectivity index (χ1v) is 28.9. The number of rotatable bonds is 53. The monoisotopic (exact) mass is 947 g/mol. The molecule has 8 heteroatoms. The molecule has 0 spiro atoms. The number of unbranched alkanes of at least 4 members (excludes halogenated alkanes) is 35. The minimum absolute atomic E-state index is 0.0511. The van der Waals surface area contributed by atoms with Crippen molar-refractivity contribution in [1.82, 2.24) is 0 Å². The molecule has 0 aliphatic heterocycles. The fourth-order valence-electron chi connectivity index (χ4n) is 8.85. The number of aliphatic carboxylic acids is 1. The van der Waals surface area contributed by atoms with Gasteiger partial charge in [-0.15, -0.1) is 0 Å². The van der Waals surface area contributed by atoms with E-state index < -0.39 is 18.1 Å². The molecule has 0 saturated heterocycles. The van der Waals surface area contributed by atoms with E-state index >= 15 is 0 Å². The Morgan fingerprint density at radius 1 is 0.433 bits per heavy atom. The minimum atomic E-state index is -0.872. The number of ether oxygens (including phenoxy) is 3. The zero-order valence-electron chi connectivity index (χ0n) is 45.1. The van der Waals surface area contributed by atoms with Crippen LogP contribution in [0.4, 0.5) is 0 Å². The van der Waals surface area contributed by atoms with Crippen LogP contribution in [-0.4, -0.2) is 80.6 Å². The number of carboxylic acids is 1. The lowest BCUT2D eigenvalue weighted by Gasteiger charge is -2.31. The van der Waals surface area contributed by atoms with Gasteiger partial charge in [0, 0.05) is 19.3 Å². The lowest BCUT2D eigenvalue weighted by Crippen LogP contribution is -2.50. The Morgan fingerprint density at radius 3 is 1.07 bits per heavy atom. The van der Waals surface area contributed by atoms with Gasteiger partial charge in [-0.3, -0.25) is 9.59 Å². The lowest BCUT2D eigenvalue weighted by atomic mass is 10.0. The van der Waals surface area contributed by atoms with Crippen LogP contribution in [0.15, 0.2) is 24.3 Å². The van der Waals surface area contributed by atoms with E-state index in [0.717, 1.165) is 38.5 Å². The summed E-state index contributed by atoms with van der Waals surface area (Å²) in [5, 5.41) is 9.68. The van der Waals surface area contributed by atoms with Crippen LogP contribution in [0.25, 0.3) is 0 Å². The Kier molecular flexibility index (Phi) is 48.6. The second-order valence-electron chi connectivity index (χ2n) is 20.9. The van der Waals surface area contributed by atoms with Crippen molar-refractivity contribution >= 4 is 17.9 Å². The molecule has 0 saturated carbocycles. The maximum absolute atomic E-state index is 12.8. The largest absolute Gasteiger partial charge is 0.477 e. The SMILES string of the molecule is CCCCCCCCCCC/C=C/CCCCCCCCCC(=O)OCC(COCCC(C(=O)O)[N+](C)(C)C)OC(=O)CCCCCCCCC/C=C/CCCCCCCCCCCCCC. The van der Waals surface area contributed by atoms with Gasteiger partial charge in [0.2, 0.25) is 0 Å². The summed E-state index contributed by atoms with van der Waals surface area (Å²) in [4.78, 5) is 37.3. The summed E-state index contributed by atoms with van der Waals surface area (Å²) < 4.78 is 17.4. The van der Waals surface area contributed by atoms with Crippen molar-refractivity contribution < 1.29 is 38.2 Å². The van der Waals surface area contributed by atoms with Crippen LogP contribution in [0.3, 0.4) is 0 Å². The van der Waals surface area contributed by atoms with Crippen LogP contribution < -0.4 is 0 Å². The van der Waals surface area contributed by atoms with Gasteiger partial charge in [0.15, 0.2) is 12.1 Å². The summed E-state index contributed by atoms with van der Waals surface area (Å²) in [6, 6.07) is -0.615. The van der Waals surface area contributed by atoms with Crippen molar-refractivity contribution in [3.8, 4) is 0 Å². The summed E-state index contributed by atoms with van der Waals surface area (Å²) >= 11 is 0. The second kappa shape index (κ2) is 50.2. The molecule has 0 aromatic rings. The van der Waals surface area contributed by atoms with Crippen LogP contribution in [0.1, 0.15) is 284 Å². The number of hydrogen-bond acceptors (Lipinski definition) is 6. The molecule has 0 aromatic carbocycles. The predicted molar refractivity (Wildman–Crippen MR) is 285 cm³/mol. The van der Waals surface area contributed by atoms with Gasteiger partial charge >= 0.3 is 17.9 Å². The molecule has 394 valence electrons. The quantitative estimate of drug-likeness (QED) is 0.0281. The van der Waals surface area contributed by atoms with Crippen LogP contribution >= 0.6 is 0 Å². The third-order valence-electron chi connectivity index (χ3n) is 13.3. The number of likely N-dealkylation sites (N-methyl/N-ethyl adjacent to an activating group) is 1. The summed E-state index contributed by atoms with van der Waals surface area (Å²) in [5.74, 6) is -1.46. The van der Waals surface area contributed by atoms with Crippen LogP contribution in [-0.2, 0) is 28.6 Å². The molecule has 2 unspecified atom stereocenters. The molecular weight excluding hydrogens is 835 g/mol. The normalized spacial score (nSPS) is 12.9. The Hall–Kier alpha value is -2.19. The van der Waals surface area contributed by atoms with Crippen molar-refractivity contribution in [2.75, 3.05) is 41.0 Å². The highest BCUT2D eigenvalue weighted by molar-refractivity contribution is 5.72. The first-order chi connectivity index (χ1) is 32.6. The molecule has 0 heterocycles. The minimum Gasteiger partial charge on any atom is -0.477 e. The van der Waals surface area contributed by atoms with E-state index in [1.165, 1.54) is 212 Å². The molecule has 0 aromatic heterocycles. The number of allylic oxidation sites excluding steroid dienone is 4. The van der Waals surface area contributed by atoms with Gasteiger partial charge in [0.05, 0.1) is 34.4 Å². The van der Waals surface area contributed by atoms with E-state index in [0.29, 0.717) is 19.3 Å². The molecule has 0 aliphatic rings. The predicted octanol–water partition coefficient (Wildman–Crippen LogP) is 17.2. The van der Waals surface area contributed by atoms with Gasteiger partial charge in [-0.05, 0) is 64.2 Å². The average Bonchev–Trinajstić information content (AvgIpc) is 3.29. The number of nitrogens with zero attached hydrogens (tertiary/aromatic N) is 1. The Balaban J connectivity index is 4.16. The first-order valence-electron chi connectivity index (χ1n) is 28.9. The summed E-state index contributed by atoms with van der Waals surface area (Å²) in [6.07, 6.45) is 59.6. The van der Waals surface area contributed by atoms with Gasteiger partial charge in [-0.25, -0.2) is 4.79 Å². The van der Waals surface area contributed by atoms with E-state index in [-0.39, 0.29) is 36.2 Å². The molecule has 1 N–H and O–H groups in total. The number of carboxylic acid groups (broad SMARTS) is 1. The number of hydrogen-bond donors (Lipinski definition) is 1. The number of carbonyl (C=O) groups is 3. The van der Waals surface area contributed by atoms with Gasteiger partial charge in [0.25, 0.3) is 0 Å². The summed E-state index contributed by atoms with van der Waals surface area (Å²) in [6.45, 7) is 4.78. The van der Waals surface area contributed by atoms with Crippen molar-refractivity contribution in [2.24, 2.45) is 0 Å².